The van der Waals surface area contributed by atoms with E-state index < -0.39 is 11.7 Å². The van der Waals surface area contributed by atoms with Crippen LogP contribution in [0.25, 0.3) is 0 Å². The molecular formula is C21H19F3N4OS. The molecule has 5 nitrogen and oxygen atoms in total. The van der Waals surface area contributed by atoms with Gasteiger partial charge in [0.15, 0.2) is 0 Å². The number of carbonyl (C=O) groups is 1. The number of allylic oxidation sites excluding steroid dienone is 1. The Balaban J connectivity index is 1.60. The molecule has 2 heterocycles. The summed E-state index contributed by atoms with van der Waals surface area (Å²) in [7, 11) is 0. The number of nitriles is 1. The molecule has 3 rings (SSSR count). The number of amidine groups is 1. The van der Waals surface area contributed by atoms with Gasteiger partial charge in [-0.25, -0.2) is 0 Å². The minimum absolute atomic E-state index is 0.249. The average molecular weight is 432 g/mol. The van der Waals surface area contributed by atoms with Gasteiger partial charge in [0, 0.05) is 6.54 Å². The maximum absolute atomic E-state index is 13.2. The van der Waals surface area contributed by atoms with Gasteiger partial charge in [-0.2, -0.15) is 23.4 Å². The van der Waals surface area contributed by atoms with Crippen molar-refractivity contribution in [2.75, 3.05) is 19.6 Å². The number of carbonyl (C=O) groups excluding carboxylic acids is 1. The third-order valence-electron chi connectivity index (χ3n) is 4.93. The number of halogens is 3. The number of rotatable bonds is 4. The fourth-order valence-electron chi connectivity index (χ4n) is 3.46. The molecule has 0 unspecified atom stereocenters. The molecule has 156 valence electrons. The van der Waals surface area contributed by atoms with E-state index in [1.807, 2.05) is 6.08 Å². The molecule has 1 saturated heterocycles. The summed E-state index contributed by atoms with van der Waals surface area (Å²) in [4.78, 5) is 18.4. The molecule has 1 amide bonds. The number of hydrogen-bond donors (Lipinski definition) is 1. The van der Waals surface area contributed by atoms with Gasteiger partial charge in [0.05, 0.1) is 28.6 Å². The quantitative estimate of drug-likeness (QED) is 0.724. The molecule has 1 aromatic rings. The van der Waals surface area contributed by atoms with E-state index in [1.54, 1.807) is 12.1 Å². The summed E-state index contributed by atoms with van der Waals surface area (Å²) in [5.74, 6) is 3.20. The highest BCUT2D eigenvalue weighted by Gasteiger charge is 2.34. The van der Waals surface area contributed by atoms with Crippen molar-refractivity contribution in [3.8, 4) is 18.4 Å². The van der Waals surface area contributed by atoms with Gasteiger partial charge >= 0.3 is 11.4 Å². The molecule has 0 atom stereocenters. The van der Waals surface area contributed by atoms with Crippen LogP contribution in [-0.4, -0.2) is 35.6 Å². The maximum atomic E-state index is 13.2. The van der Waals surface area contributed by atoms with E-state index >= 15 is 0 Å². The molecule has 0 aromatic heterocycles. The molecular weight excluding hydrogens is 413 g/mol. The van der Waals surface area contributed by atoms with E-state index in [9.17, 15) is 18.0 Å². The first-order valence-electron chi connectivity index (χ1n) is 9.32. The van der Waals surface area contributed by atoms with Crippen molar-refractivity contribution in [2.45, 2.75) is 25.6 Å². The van der Waals surface area contributed by atoms with Crippen molar-refractivity contribution in [3.05, 3.63) is 45.9 Å². The zero-order valence-electron chi connectivity index (χ0n) is 16.0. The van der Waals surface area contributed by atoms with Gasteiger partial charge in [0.2, 0.25) is 0 Å². The Hall–Kier alpha value is -2.75. The number of nitrogens with one attached hydrogen (secondary N) is 1. The number of benzene rings is 1. The number of likely N-dealkylation sites (tertiary alicyclic amines) is 1. The minimum Gasteiger partial charge on any atom is -0.358 e. The van der Waals surface area contributed by atoms with E-state index in [0.717, 1.165) is 48.7 Å². The number of amides is 1. The Bertz CT molecular complexity index is 964. The second kappa shape index (κ2) is 9.38. The summed E-state index contributed by atoms with van der Waals surface area (Å²) in [6.45, 7) is 2.12. The van der Waals surface area contributed by atoms with Crippen LogP contribution >= 0.6 is 11.8 Å². The summed E-state index contributed by atoms with van der Waals surface area (Å²) >= 11 is 1.07. The number of thioether (sulfide) groups is 1. The molecule has 2 aliphatic heterocycles. The molecule has 0 aliphatic carbocycles. The molecule has 0 radical (unpaired) electrons. The lowest BCUT2D eigenvalue weighted by molar-refractivity contribution is -0.137. The van der Waals surface area contributed by atoms with Gasteiger partial charge in [0.1, 0.15) is 5.84 Å². The Labute approximate surface area is 177 Å². The van der Waals surface area contributed by atoms with E-state index in [1.165, 1.54) is 6.07 Å². The van der Waals surface area contributed by atoms with E-state index in [4.69, 9.17) is 11.7 Å². The van der Waals surface area contributed by atoms with Crippen molar-refractivity contribution in [3.63, 3.8) is 0 Å². The fraction of sp³-hybridized carbons (Fsp3) is 0.381. The summed E-state index contributed by atoms with van der Waals surface area (Å²) < 4.78 is 39.5. The lowest BCUT2D eigenvalue weighted by Crippen LogP contribution is -2.33. The van der Waals surface area contributed by atoms with Crippen LogP contribution in [0, 0.1) is 29.6 Å². The molecule has 1 N–H and O–H groups in total. The first kappa shape index (κ1) is 21.9. The van der Waals surface area contributed by atoms with E-state index in [0.29, 0.717) is 17.9 Å². The molecule has 2 aliphatic rings. The van der Waals surface area contributed by atoms with Crippen molar-refractivity contribution in [1.29, 1.82) is 5.26 Å². The van der Waals surface area contributed by atoms with Crippen molar-refractivity contribution in [1.82, 2.24) is 10.2 Å². The molecule has 1 fully saturated rings. The summed E-state index contributed by atoms with van der Waals surface area (Å²) in [5, 5.41) is 11.6. The molecule has 0 spiro atoms. The van der Waals surface area contributed by atoms with Gasteiger partial charge in [-0.15, -0.1) is 6.42 Å². The van der Waals surface area contributed by atoms with Gasteiger partial charge in [-0.3, -0.25) is 9.69 Å². The normalized spacial score (nSPS) is 19.4. The topological polar surface area (TPSA) is 68.5 Å². The Morgan fingerprint density at radius 2 is 2.10 bits per heavy atom. The zero-order chi connectivity index (χ0) is 21.7. The van der Waals surface area contributed by atoms with Crippen LogP contribution in [0.15, 0.2) is 34.2 Å². The number of aliphatic imine (C=N–C) groups is 1. The maximum Gasteiger partial charge on any atom is 0.417 e. The standard InChI is InChI=1S/C21H19F3N4OS/c1-2-7-26-19-18(30-20(29)27-19)11-14-5-8-28(9-6-14)13-15-3-4-16(12-25)17(10-15)21(22,23)24/h1,3-4,10-11,14H,5-9,13H2,(H,26,27,29)/b18-11-. The molecule has 9 heteroatoms. The van der Waals surface area contributed by atoms with Crippen LogP contribution in [0.3, 0.4) is 0 Å². The number of hydrogen-bond acceptors (Lipinski definition) is 5. The van der Waals surface area contributed by atoms with Crippen molar-refractivity contribution >= 4 is 22.8 Å². The van der Waals surface area contributed by atoms with Crippen LogP contribution in [0.1, 0.15) is 29.5 Å². The zero-order valence-corrected chi connectivity index (χ0v) is 16.8. The van der Waals surface area contributed by atoms with Crippen LogP contribution < -0.4 is 5.32 Å². The monoisotopic (exact) mass is 432 g/mol. The molecule has 1 aromatic carbocycles. The lowest BCUT2D eigenvalue weighted by Gasteiger charge is -2.31. The highest BCUT2D eigenvalue weighted by Crippen LogP contribution is 2.33. The minimum atomic E-state index is -4.55. The molecule has 30 heavy (non-hydrogen) atoms. The second-order valence-electron chi connectivity index (χ2n) is 7.02. The predicted molar refractivity (Wildman–Crippen MR) is 110 cm³/mol. The van der Waals surface area contributed by atoms with Crippen molar-refractivity contribution < 1.29 is 18.0 Å². The Kier molecular flexibility index (Phi) is 6.86. The summed E-state index contributed by atoms with van der Waals surface area (Å²) in [5.41, 5.74) is -0.726. The van der Waals surface area contributed by atoms with Crippen LogP contribution in [0.5, 0.6) is 0 Å². The predicted octanol–water partition coefficient (Wildman–Crippen LogP) is 4.16. The number of nitrogens with zero attached hydrogens (tertiary/aromatic N) is 3. The number of piperidine rings is 1. The van der Waals surface area contributed by atoms with Crippen LogP contribution in [-0.2, 0) is 12.7 Å². The smallest absolute Gasteiger partial charge is 0.358 e. The SMILES string of the molecule is C#CCNC1=NC(=O)S/C1=C\C1CCN(Cc2ccc(C#N)c(C(F)(F)F)c2)CC1. The first-order valence-corrected chi connectivity index (χ1v) is 10.1. The Morgan fingerprint density at radius 1 is 1.37 bits per heavy atom. The number of alkyl halides is 3. The van der Waals surface area contributed by atoms with Gasteiger partial charge in [-0.05, 0) is 61.3 Å². The number of terminal acetylenes is 1. The summed E-state index contributed by atoms with van der Waals surface area (Å²) in [6, 6.07) is 5.47. The summed E-state index contributed by atoms with van der Waals surface area (Å²) in [6.07, 6.45) is 4.36. The lowest BCUT2D eigenvalue weighted by atomic mass is 9.95. The fourth-order valence-corrected chi connectivity index (χ4v) is 4.26. The average Bonchev–Trinajstić information content (AvgIpc) is 3.06. The molecule has 0 saturated carbocycles. The second-order valence-corrected chi connectivity index (χ2v) is 8.01. The highest BCUT2D eigenvalue weighted by atomic mass is 32.2. The van der Waals surface area contributed by atoms with Crippen LogP contribution in [0.4, 0.5) is 18.0 Å². The highest BCUT2D eigenvalue weighted by molar-refractivity contribution is 8.18. The molecule has 0 bridgehead atoms. The van der Waals surface area contributed by atoms with E-state index in [-0.39, 0.29) is 23.3 Å². The van der Waals surface area contributed by atoms with Gasteiger partial charge in [-0.1, -0.05) is 18.1 Å². The van der Waals surface area contributed by atoms with Gasteiger partial charge < -0.3 is 5.32 Å². The van der Waals surface area contributed by atoms with E-state index in [2.05, 4.69) is 21.1 Å². The largest absolute Gasteiger partial charge is 0.417 e. The third kappa shape index (κ3) is 5.44. The third-order valence-corrected chi connectivity index (χ3v) is 5.74. The van der Waals surface area contributed by atoms with Gasteiger partial charge in [0.25, 0.3) is 0 Å². The first-order chi connectivity index (χ1) is 14.3. The van der Waals surface area contributed by atoms with Crippen LogP contribution in [0.2, 0.25) is 0 Å². The Morgan fingerprint density at radius 3 is 2.73 bits per heavy atom. The van der Waals surface area contributed by atoms with Crippen molar-refractivity contribution in [2.24, 2.45) is 10.9 Å².